The zero-order valence-electron chi connectivity index (χ0n) is 17.7. The second kappa shape index (κ2) is 10.6. The maximum atomic E-state index is 12.7. The fourth-order valence-electron chi connectivity index (χ4n) is 2.84. The van der Waals surface area contributed by atoms with Crippen LogP contribution in [-0.2, 0) is 14.8 Å². The maximum Gasteiger partial charge on any atom is 0.340 e. The van der Waals surface area contributed by atoms with E-state index in [2.05, 4.69) is 0 Å². The van der Waals surface area contributed by atoms with Crippen LogP contribution in [0.15, 0.2) is 41.3 Å². The van der Waals surface area contributed by atoms with Gasteiger partial charge in [-0.05, 0) is 36.4 Å². The van der Waals surface area contributed by atoms with E-state index in [1.54, 1.807) is 19.9 Å². The molecular weight excluding hydrogens is 446 g/mol. The molecule has 0 saturated carbocycles. The molecule has 0 aromatic heterocycles. The van der Waals surface area contributed by atoms with Crippen LogP contribution in [0, 0.1) is 0 Å². The highest BCUT2D eigenvalue weighted by molar-refractivity contribution is 7.89. The second-order valence-electron chi connectivity index (χ2n) is 6.30. The average molecular weight is 470 g/mol. The predicted molar refractivity (Wildman–Crippen MR) is 116 cm³/mol. The molecule has 0 fully saturated rings. The van der Waals surface area contributed by atoms with Gasteiger partial charge in [0, 0.05) is 18.7 Å². The number of carbonyl (C=O) groups excluding carboxylic acids is 2. The molecule has 0 bridgehead atoms. The fourth-order valence-corrected chi connectivity index (χ4v) is 4.52. The van der Waals surface area contributed by atoms with E-state index < -0.39 is 28.4 Å². The van der Waals surface area contributed by atoms with Crippen molar-refractivity contribution in [1.29, 1.82) is 0 Å². The van der Waals surface area contributed by atoms with Crippen LogP contribution < -0.4 is 9.47 Å². The SMILES string of the molecule is CCN(CC)S(=O)(=O)c1ccc(Cl)c(C(=O)OCC(=O)c2ccc(OC)c(OC)c2)c1. The third-order valence-corrected chi connectivity index (χ3v) is 6.92. The summed E-state index contributed by atoms with van der Waals surface area (Å²) in [6.07, 6.45) is 0. The van der Waals surface area contributed by atoms with Crippen LogP contribution in [0.2, 0.25) is 5.02 Å². The molecule has 168 valence electrons. The smallest absolute Gasteiger partial charge is 0.340 e. The van der Waals surface area contributed by atoms with Gasteiger partial charge in [-0.1, -0.05) is 25.4 Å². The van der Waals surface area contributed by atoms with Crippen molar-refractivity contribution in [1.82, 2.24) is 4.31 Å². The Balaban J connectivity index is 2.20. The lowest BCUT2D eigenvalue weighted by Gasteiger charge is -2.19. The van der Waals surface area contributed by atoms with E-state index >= 15 is 0 Å². The average Bonchev–Trinajstić information content (AvgIpc) is 2.77. The molecule has 0 atom stereocenters. The summed E-state index contributed by atoms with van der Waals surface area (Å²) >= 11 is 6.07. The first-order valence-corrected chi connectivity index (χ1v) is 11.2. The standard InChI is InChI=1S/C21H24ClNO7S/c1-5-23(6-2)31(26,27)15-8-9-17(22)16(12-15)21(25)30-13-18(24)14-7-10-19(28-3)20(11-14)29-4/h7-12H,5-6,13H2,1-4H3. The Morgan fingerprint density at radius 2 is 1.61 bits per heavy atom. The number of ether oxygens (including phenoxy) is 3. The second-order valence-corrected chi connectivity index (χ2v) is 8.65. The summed E-state index contributed by atoms with van der Waals surface area (Å²) in [5.41, 5.74) is 0.115. The number of hydrogen-bond acceptors (Lipinski definition) is 7. The van der Waals surface area contributed by atoms with Crippen molar-refractivity contribution in [2.45, 2.75) is 18.7 Å². The highest BCUT2D eigenvalue weighted by Crippen LogP contribution is 2.28. The van der Waals surface area contributed by atoms with E-state index in [1.165, 1.54) is 42.8 Å². The van der Waals surface area contributed by atoms with Gasteiger partial charge in [0.2, 0.25) is 10.0 Å². The number of sulfonamides is 1. The summed E-state index contributed by atoms with van der Waals surface area (Å²) < 4.78 is 42.0. The summed E-state index contributed by atoms with van der Waals surface area (Å²) in [4.78, 5) is 24.8. The highest BCUT2D eigenvalue weighted by Gasteiger charge is 2.24. The van der Waals surface area contributed by atoms with Gasteiger partial charge in [0.15, 0.2) is 23.9 Å². The minimum Gasteiger partial charge on any atom is -0.493 e. The van der Waals surface area contributed by atoms with Gasteiger partial charge >= 0.3 is 5.97 Å². The molecular formula is C21H24ClNO7S. The quantitative estimate of drug-likeness (QED) is 0.388. The molecule has 0 saturated heterocycles. The summed E-state index contributed by atoms with van der Waals surface area (Å²) in [5.74, 6) is -0.571. The Hall–Kier alpha value is -2.62. The van der Waals surface area contributed by atoms with Crippen LogP contribution in [0.4, 0.5) is 0 Å². The molecule has 0 radical (unpaired) electrons. The van der Waals surface area contributed by atoms with Crippen LogP contribution in [-0.4, -0.2) is 58.4 Å². The molecule has 0 unspecified atom stereocenters. The first-order chi connectivity index (χ1) is 14.7. The Morgan fingerprint density at radius 3 is 2.19 bits per heavy atom. The van der Waals surface area contributed by atoms with E-state index in [1.807, 2.05) is 0 Å². The topological polar surface area (TPSA) is 99.2 Å². The number of benzene rings is 2. The number of rotatable bonds is 10. The molecule has 31 heavy (non-hydrogen) atoms. The molecule has 0 aliphatic heterocycles. The molecule has 2 aromatic carbocycles. The lowest BCUT2D eigenvalue weighted by molar-refractivity contribution is 0.0474. The molecule has 0 spiro atoms. The van der Waals surface area contributed by atoms with E-state index in [0.29, 0.717) is 11.5 Å². The van der Waals surface area contributed by atoms with Gasteiger partial charge in [-0.25, -0.2) is 13.2 Å². The fraction of sp³-hybridized carbons (Fsp3) is 0.333. The number of carbonyl (C=O) groups is 2. The van der Waals surface area contributed by atoms with Crippen LogP contribution in [0.1, 0.15) is 34.6 Å². The zero-order valence-corrected chi connectivity index (χ0v) is 19.2. The largest absolute Gasteiger partial charge is 0.493 e. The van der Waals surface area contributed by atoms with Crippen LogP contribution in [0.25, 0.3) is 0 Å². The number of ketones is 1. The van der Waals surface area contributed by atoms with Crippen LogP contribution in [0.3, 0.4) is 0 Å². The molecule has 0 amide bonds. The minimum absolute atomic E-state index is 0.0158. The number of halogens is 1. The van der Waals surface area contributed by atoms with Crippen molar-refractivity contribution in [3.63, 3.8) is 0 Å². The van der Waals surface area contributed by atoms with Crippen molar-refractivity contribution >= 4 is 33.4 Å². The highest BCUT2D eigenvalue weighted by atomic mass is 35.5. The number of methoxy groups -OCH3 is 2. The summed E-state index contributed by atoms with van der Waals surface area (Å²) in [6, 6.07) is 8.33. The zero-order chi connectivity index (χ0) is 23.2. The monoisotopic (exact) mass is 469 g/mol. The third kappa shape index (κ3) is 5.55. The Morgan fingerprint density at radius 1 is 0.968 bits per heavy atom. The number of Topliss-reactive ketones (excluding diaryl/α,β-unsaturated/α-hetero) is 1. The van der Waals surface area contributed by atoms with E-state index in [9.17, 15) is 18.0 Å². The van der Waals surface area contributed by atoms with Gasteiger partial charge in [0.05, 0.1) is 29.7 Å². The maximum absolute atomic E-state index is 12.7. The number of esters is 1. The molecule has 2 aromatic rings. The van der Waals surface area contributed by atoms with Crippen LogP contribution in [0.5, 0.6) is 11.5 Å². The molecule has 0 N–H and O–H groups in total. The van der Waals surface area contributed by atoms with E-state index in [-0.39, 0.29) is 34.1 Å². The minimum atomic E-state index is -3.79. The van der Waals surface area contributed by atoms with Gasteiger partial charge in [0.1, 0.15) is 0 Å². The van der Waals surface area contributed by atoms with E-state index in [0.717, 1.165) is 6.07 Å². The van der Waals surface area contributed by atoms with Gasteiger partial charge in [-0.15, -0.1) is 0 Å². The summed E-state index contributed by atoms with van der Waals surface area (Å²) in [6.45, 7) is 3.43. The number of hydrogen-bond donors (Lipinski definition) is 0. The lowest BCUT2D eigenvalue weighted by Crippen LogP contribution is -2.30. The van der Waals surface area contributed by atoms with E-state index in [4.69, 9.17) is 25.8 Å². The number of nitrogens with zero attached hydrogens (tertiary/aromatic N) is 1. The summed E-state index contributed by atoms with van der Waals surface area (Å²) in [7, 11) is -0.879. The van der Waals surface area contributed by atoms with Gasteiger partial charge < -0.3 is 14.2 Å². The van der Waals surface area contributed by atoms with Gasteiger partial charge in [-0.3, -0.25) is 4.79 Å². The van der Waals surface area contributed by atoms with Crippen molar-refractivity contribution in [3.05, 3.63) is 52.5 Å². The van der Waals surface area contributed by atoms with Crippen molar-refractivity contribution in [3.8, 4) is 11.5 Å². The molecule has 10 heteroatoms. The Labute approximate surface area is 186 Å². The molecule has 0 heterocycles. The Kier molecular flexibility index (Phi) is 8.43. The predicted octanol–water partition coefficient (Wildman–Crippen LogP) is 3.43. The van der Waals surface area contributed by atoms with Gasteiger partial charge in [0.25, 0.3) is 0 Å². The Bertz CT molecular complexity index is 1070. The van der Waals surface area contributed by atoms with Crippen molar-refractivity contribution in [2.24, 2.45) is 0 Å². The molecule has 2 rings (SSSR count). The van der Waals surface area contributed by atoms with Crippen molar-refractivity contribution in [2.75, 3.05) is 33.9 Å². The molecule has 0 aliphatic rings. The van der Waals surface area contributed by atoms with Crippen molar-refractivity contribution < 1.29 is 32.2 Å². The van der Waals surface area contributed by atoms with Gasteiger partial charge in [-0.2, -0.15) is 4.31 Å². The third-order valence-electron chi connectivity index (χ3n) is 4.54. The lowest BCUT2D eigenvalue weighted by atomic mass is 10.1. The first kappa shape index (κ1) is 24.6. The molecule has 8 nitrogen and oxygen atoms in total. The first-order valence-electron chi connectivity index (χ1n) is 9.41. The summed E-state index contributed by atoms with van der Waals surface area (Å²) in [5, 5.41) is 0.0158. The van der Waals surface area contributed by atoms with Crippen LogP contribution >= 0.6 is 11.6 Å². The normalized spacial score (nSPS) is 11.3. The molecule has 0 aliphatic carbocycles.